The number of aromatic nitrogens is 2. The maximum atomic E-state index is 4.20. The van der Waals surface area contributed by atoms with Crippen molar-refractivity contribution in [1.82, 2.24) is 15.5 Å². The molecule has 0 radical (unpaired) electrons. The molecule has 100 valence electrons. The van der Waals surface area contributed by atoms with Crippen LogP contribution in [0.3, 0.4) is 0 Å². The number of hydrogen-bond acceptors (Lipinski definition) is 5. The summed E-state index contributed by atoms with van der Waals surface area (Å²) >= 11 is 1.81. The van der Waals surface area contributed by atoms with E-state index in [2.05, 4.69) is 37.9 Å². The van der Waals surface area contributed by atoms with Crippen molar-refractivity contribution in [3.63, 3.8) is 0 Å². The molecule has 1 fully saturated rings. The summed E-state index contributed by atoms with van der Waals surface area (Å²) in [6.07, 6.45) is 4.17. The Morgan fingerprint density at radius 3 is 3.16 bits per heavy atom. The third-order valence-electron chi connectivity index (χ3n) is 3.45. The molecular formula is C14H18N4S. The van der Waals surface area contributed by atoms with Gasteiger partial charge in [-0.1, -0.05) is 6.07 Å². The zero-order chi connectivity index (χ0) is 12.9. The summed E-state index contributed by atoms with van der Waals surface area (Å²) in [5, 5.41) is 13.9. The summed E-state index contributed by atoms with van der Waals surface area (Å²) in [6.45, 7) is 3.07. The molecule has 0 spiro atoms. The van der Waals surface area contributed by atoms with Gasteiger partial charge in [0.25, 0.3) is 0 Å². The minimum absolute atomic E-state index is 0.540. The van der Waals surface area contributed by atoms with Gasteiger partial charge in [0.2, 0.25) is 0 Å². The minimum atomic E-state index is 0.540. The van der Waals surface area contributed by atoms with Crippen LogP contribution in [0.5, 0.6) is 0 Å². The fourth-order valence-corrected chi connectivity index (χ4v) is 3.13. The Morgan fingerprint density at radius 1 is 1.37 bits per heavy atom. The lowest BCUT2D eigenvalue weighted by atomic mass is 10.1. The van der Waals surface area contributed by atoms with Crippen LogP contribution in [0.15, 0.2) is 35.8 Å². The van der Waals surface area contributed by atoms with E-state index >= 15 is 0 Å². The predicted molar refractivity (Wildman–Crippen MR) is 78.4 cm³/mol. The highest BCUT2D eigenvalue weighted by Crippen LogP contribution is 2.17. The molecule has 4 nitrogen and oxygen atoms in total. The highest BCUT2D eigenvalue weighted by molar-refractivity contribution is 7.09. The largest absolute Gasteiger partial charge is 0.354 e. The smallest absolute Gasteiger partial charge is 0.151 e. The molecule has 2 aromatic heterocycles. The molecule has 19 heavy (non-hydrogen) atoms. The van der Waals surface area contributed by atoms with Crippen LogP contribution in [-0.4, -0.2) is 29.3 Å². The molecular weight excluding hydrogens is 256 g/mol. The molecule has 1 N–H and O–H groups in total. The van der Waals surface area contributed by atoms with E-state index < -0.39 is 0 Å². The molecule has 0 aromatic carbocycles. The number of rotatable bonds is 4. The Bertz CT molecular complexity index is 485. The fourth-order valence-electron chi connectivity index (χ4n) is 2.47. The van der Waals surface area contributed by atoms with Crippen LogP contribution < -0.4 is 10.2 Å². The molecule has 0 saturated carbocycles. The van der Waals surface area contributed by atoms with Crippen molar-refractivity contribution < 1.29 is 0 Å². The quantitative estimate of drug-likeness (QED) is 0.929. The molecule has 3 rings (SSSR count). The van der Waals surface area contributed by atoms with Crippen LogP contribution in [0.2, 0.25) is 0 Å². The molecule has 0 bridgehead atoms. The van der Waals surface area contributed by atoms with Crippen molar-refractivity contribution in [3.8, 4) is 0 Å². The summed E-state index contributed by atoms with van der Waals surface area (Å²) in [5.74, 6) is 0.991. The summed E-state index contributed by atoms with van der Waals surface area (Å²) in [4.78, 5) is 3.72. The van der Waals surface area contributed by atoms with E-state index in [-0.39, 0.29) is 0 Å². The molecule has 0 amide bonds. The SMILES string of the molecule is c1cnnc(N2CCCC(NCc3cccs3)C2)c1. The molecule has 0 aliphatic carbocycles. The van der Waals surface area contributed by atoms with Gasteiger partial charge in [-0.25, -0.2) is 0 Å². The van der Waals surface area contributed by atoms with Gasteiger partial charge in [-0.15, -0.1) is 16.4 Å². The molecule has 3 heterocycles. The summed E-state index contributed by atoms with van der Waals surface area (Å²) in [7, 11) is 0. The Balaban J connectivity index is 1.56. The second-order valence-electron chi connectivity index (χ2n) is 4.83. The van der Waals surface area contributed by atoms with Gasteiger partial charge in [-0.05, 0) is 36.4 Å². The van der Waals surface area contributed by atoms with Crippen LogP contribution in [0.1, 0.15) is 17.7 Å². The Hall–Kier alpha value is -1.46. The van der Waals surface area contributed by atoms with Gasteiger partial charge < -0.3 is 10.2 Å². The molecule has 5 heteroatoms. The third-order valence-corrected chi connectivity index (χ3v) is 4.33. The molecule has 1 aliphatic rings. The molecule has 1 atom stereocenters. The Kier molecular flexibility index (Phi) is 4.05. The molecule has 2 aromatic rings. The van der Waals surface area contributed by atoms with E-state index in [4.69, 9.17) is 0 Å². The van der Waals surface area contributed by atoms with Crippen LogP contribution in [0, 0.1) is 0 Å². The first-order valence-electron chi connectivity index (χ1n) is 6.70. The lowest BCUT2D eigenvalue weighted by Gasteiger charge is -2.33. The van der Waals surface area contributed by atoms with Crippen molar-refractivity contribution in [3.05, 3.63) is 40.7 Å². The lowest BCUT2D eigenvalue weighted by molar-refractivity contribution is 0.421. The fraction of sp³-hybridized carbons (Fsp3) is 0.429. The predicted octanol–water partition coefficient (Wildman–Crippen LogP) is 2.30. The average Bonchev–Trinajstić information content (AvgIpc) is 3.00. The Morgan fingerprint density at radius 2 is 2.37 bits per heavy atom. The lowest BCUT2D eigenvalue weighted by Crippen LogP contribution is -2.45. The second-order valence-corrected chi connectivity index (χ2v) is 5.86. The van der Waals surface area contributed by atoms with E-state index in [1.54, 1.807) is 6.20 Å². The third kappa shape index (κ3) is 3.30. The first kappa shape index (κ1) is 12.6. The van der Waals surface area contributed by atoms with Crippen LogP contribution in [0.4, 0.5) is 5.82 Å². The summed E-state index contributed by atoms with van der Waals surface area (Å²) in [5.41, 5.74) is 0. The maximum absolute atomic E-state index is 4.20. The number of nitrogens with zero attached hydrogens (tertiary/aromatic N) is 3. The summed E-state index contributed by atoms with van der Waals surface area (Å²) < 4.78 is 0. The van der Waals surface area contributed by atoms with E-state index in [0.29, 0.717) is 6.04 Å². The van der Waals surface area contributed by atoms with E-state index in [0.717, 1.165) is 25.5 Å². The van der Waals surface area contributed by atoms with Crippen LogP contribution >= 0.6 is 11.3 Å². The van der Waals surface area contributed by atoms with Crippen LogP contribution in [-0.2, 0) is 6.54 Å². The number of nitrogens with one attached hydrogen (secondary N) is 1. The van der Waals surface area contributed by atoms with Crippen molar-refractivity contribution in [2.45, 2.75) is 25.4 Å². The number of anilines is 1. The van der Waals surface area contributed by atoms with Crippen molar-refractivity contribution in [1.29, 1.82) is 0 Å². The topological polar surface area (TPSA) is 41.1 Å². The van der Waals surface area contributed by atoms with E-state index in [9.17, 15) is 0 Å². The molecule has 1 saturated heterocycles. The normalized spacial score (nSPS) is 19.6. The van der Waals surface area contributed by atoms with Gasteiger partial charge in [0.15, 0.2) is 5.82 Å². The first-order chi connectivity index (χ1) is 9.42. The number of hydrogen-bond donors (Lipinski definition) is 1. The highest BCUT2D eigenvalue weighted by atomic mass is 32.1. The monoisotopic (exact) mass is 274 g/mol. The van der Waals surface area contributed by atoms with Gasteiger partial charge in [0.1, 0.15) is 0 Å². The van der Waals surface area contributed by atoms with Gasteiger partial charge in [0, 0.05) is 36.8 Å². The summed E-state index contributed by atoms with van der Waals surface area (Å²) in [6, 6.07) is 8.81. The minimum Gasteiger partial charge on any atom is -0.354 e. The number of thiophene rings is 1. The van der Waals surface area contributed by atoms with Crippen molar-refractivity contribution in [2.24, 2.45) is 0 Å². The van der Waals surface area contributed by atoms with Crippen molar-refractivity contribution in [2.75, 3.05) is 18.0 Å². The first-order valence-corrected chi connectivity index (χ1v) is 7.58. The Labute approximate surface area is 117 Å². The average molecular weight is 274 g/mol. The van der Waals surface area contributed by atoms with Gasteiger partial charge in [-0.2, -0.15) is 5.10 Å². The van der Waals surface area contributed by atoms with E-state index in [1.807, 2.05) is 23.5 Å². The zero-order valence-corrected chi connectivity index (χ0v) is 11.6. The maximum Gasteiger partial charge on any atom is 0.151 e. The van der Waals surface area contributed by atoms with Gasteiger partial charge >= 0.3 is 0 Å². The van der Waals surface area contributed by atoms with Crippen LogP contribution in [0.25, 0.3) is 0 Å². The zero-order valence-electron chi connectivity index (χ0n) is 10.8. The number of piperidine rings is 1. The van der Waals surface area contributed by atoms with E-state index in [1.165, 1.54) is 17.7 Å². The molecule has 1 aliphatic heterocycles. The standard InChI is InChI=1S/C14H18N4S/c1-6-14(17-16-7-1)18-8-2-4-12(11-18)15-10-13-5-3-9-19-13/h1,3,5-7,9,12,15H,2,4,8,10-11H2. The highest BCUT2D eigenvalue weighted by Gasteiger charge is 2.20. The van der Waals surface area contributed by atoms with Gasteiger partial charge in [-0.3, -0.25) is 0 Å². The second kappa shape index (κ2) is 6.12. The molecule has 1 unspecified atom stereocenters. The van der Waals surface area contributed by atoms with Crippen molar-refractivity contribution >= 4 is 17.2 Å². The van der Waals surface area contributed by atoms with Gasteiger partial charge in [0.05, 0.1) is 0 Å².